The van der Waals surface area contributed by atoms with E-state index < -0.39 is 10.0 Å². The Morgan fingerprint density at radius 3 is 2.75 bits per heavy atom. The number of primary sulfonamides is 1. The third kappa shape index (κ3) is 3.64. The van der Waals surface area contributed by atoms with E-state index in [0.717, 1.165) is 29.8 Å². The number of aromatic amines is 1. The van der Waals surface area contributed by atoms with Crippen LogP contribution in [0.3, 0.4) is 0 Å². The monoisotopic (exact) mass is 349 g/mol. The Morgan fingerprint density at radius 1 is 1.29 bits per heavy atom. The fourth-order valence-electron chi connectivity index (χ4n) is 2.66. The molecular formula is C15H19N5O3S. The summed E-state index contributed by atoms with van der Waals surface area (Å²) in [5.74, 6) is -0.211. The van der Waals surface area contributed by atoms with Gasteiger partial charge in [0.2, 0.25) is 10.0 Å². The first-order chi connectivity index (χ1) is 11.4. The van der Waals surface area contributed by atoms with Crippen molar-refractivity contribution in [2.24, 2.45) is 5.14 Å². The summed E-state index contributed by atoms with van der Waals surface area (Å²) in [5, 5.41) is 18.1. The second-order valence-electron chi connectivity index (χ2n) is 5.65. The van der Waals surface area contributed by atoms with E-state index in [4.69, 9.17) is 5.14 Å². The molecule has 128 valence electrons. The van der Waals surface area contributed by atoms with Gasteiger partial charge in [-0.1, -0.05) is 12.1 Å². The molecule has 1 aliphatic heterocycles. The zero-order valence-electron chi connectivity index (χ0n) is 13.0. The topological polar surface area (TPSA) is 130 Å². The van der Waals surface area contributed by atoms with Gasteiger partial charge < -0.3 is 10.6 Å². The smallest absolute Gasteiger partial charge is 0.272 e. The molecule has 8 nitrogen and oxygen atoms in total. The fraction of sp³-hybridized carbons (Fsp3) is 0.333. The maximum absolute atomic E-state index is 12.2. The van der Waals surface area contributed by atoms with Crippen molar-refractivity contribution in [1.29, 1.82) is 0 Å². The minimum atomic E-state index is -3.68. The molecule has 2 heterocycles. The third-order valence-corrected chi connectivity index (χ3v) is 4.90. The first-order valence-corrected chi connectivity index (χ1v) is 9.16. The minimum absolute atomic E-state index is 0.0749. The lowest BCUT2D eigenvalue weighted by Gasteiger charge is -2.12. The molecule has 0 saturated heterocycles. The molecule has 0 spiro atoms. The fourth-order valence-corrected chi connectivity index (χ4v) is 3.18. The van der Waals surface area contributed by atoms with Crippen molar-refractivity contribution in [3.05, 3.63) is 46.8 Å². The summed E-state index contributed by atoms with van der Waals surface area (Å²) >= 11 is 0. The van der Waals surface area contributed by atoms with Crippen LogP contribution in [-0.4, -0.2) is 37.6 Å². The first kappa shape index (κ1) is 16.6. The molecule has 0 bridgehead atoms. The summed E-state index contributed by atoms with van der Waals surface area (Å²) in [7, 11) is -3.68. The van der Waals surface area contributed by atoms with E-state index in [1.165, 1.54) is 12.1 Å². The maximum Gasteiger partial charge on any atom is 0.272 e. The van der Waals surface area contributed by atoms with Crippen LogP contribution in [0.2, 0.25) is 0 Å². The number of rotatable bonds is 5. The number of nitrogens with zero attached hydrogens (tertiary/aromatic N) is 1. The lowest BCUT2D eigenvalue weighted by atomic mass is 10.1. The van der Waals surface area contributed by atoms with Crippen molar-refractivity contribution in [3.8, 4) is 0 Å². The minimum Gasteiger partial charge on any atom is -0.350 e. The Morgan fingerprint density at radius 2 is 2.04 bits per heavy atom. The van der Waals surface area contributed by atoms with Crippen LogP contribution in [0.5, 0.6) is 0 Å². The molecule has 0 radical (unpaired) electrons. The van der Waals surface area contributed by atoms with Crippen molar-refractivity contribution in [2.75, 3.05) is 13.1 Å². The molecule has 1 aromatic heterocycles. The number of nitrogens with one attached hydrogen (secondary N) is 3. The van der Waals surface area contributed by atoms with Crippen molar-refractivity contribution in [3.63, 3.8) is 0 Å². The maximum atomic E-state index is 12.2. The predicted octanol–water partition coefficient (Wildman–Crippen LogP) is -0.325. The highest BCUT2D eigenvalue weighted by Gasteiger charge is 2.21. The second-order valence-corrected chi connectivity index (χ2v) is 7.21. The standard InChI is InChI=1S/C15H19N5O3S/c16-24(22,23)11-3-1-10(2-4-11)5-8-18-15(21)14-12-9-17-7-6-13(12)19-20-14/h1-4,17H,5-9H2,(H,18,21)(H,19,20)(H2,16,22,23). The Kier molecular flexibility index (Phi) is 4.65. The normalized spacial score (nSPS) is 14.2. The lowest BCUT2D eigenvalue weighted by Crippen LogP contribution is -2.29. The molecule has 0 fully saturated rings. The number of hydrogen-bond acceptors (Lipinski definition) is 5. The molecule has 1 aromatic carbocycles. The van der Waals surface area contributed by atoms with Gasteiger partial charge in [0.15, 0.2) is 5.69 Å². The number of fused-ring (bicyclic) bond motifs is 1. The van der Waals surface area contributed by atoms with Crippen LogP contribution < -0.4 is 15.8 Å². The molecule has 1 amide bonds. The third-order valence-electron chi connectivity index (χ3n) is 3.97. The van der Waals surface area contributed by atoms with Crippen LogP contribution in [0, 0.1) is 0 Å². The van der Waals surface area contributed by atoms with Crippen molar-refractivity contribution < 1.29 is 13.2 Å². The average molecular weight is 349 g/mol. The highest BCUT2D eigenvalue weighted by Crippen LogP contribution is 2.15. The highest BCUT2D eigenvalue weighted by atomic mass is 32.2. The average Bonchev–Trinajstić information content (AvgIpc) is 2.98. The highest BCUT2D eigenvalue weighted by molar-refractivity contribution is 7.89. The van der Waals surface area contributed by atoms with Crippen LogP contribution in [-0.2, 0) is 29.4 Å². The Labute approximate surface area is 139 Å². The molecule has 5 N–H and O–H groups in total. The lowest BCUT2D eigenvalue weighted by molar-refractivity contribution is 0.0948. The van der Waals surface area contributed by atoms with Gasteiger partial charge in [-0.05, 0) is 24.1 Å². The molecule has 3 rings (SSSR count). The SMILES string of the molecule is NS(=O)(=O)c1ccc(CCNC(=O)c2n[nH]c3c2CNCC3)cc1. The summed E-state index contributed by atoms with van der Waals surface area (Å²) in [4.78, 5) is 12.3. The van der Waals surface area contributed by atoms with Gasteiger partial charge in [-0.15, -0.1) is 0 Å². The van der Waals surface area contributed by atoms with E-state index in [2.05, 4.69) is 20.8 Å². The van der Waals surface area contributed by atoms with Crippen LogP contribution in [0.4, 0.5) is 0 Å². The number of carbonyl (C=O) groups excluding carboxylic acids is 1. The molecule has 2 aromatic rings. The van der Waals surface area contributed by atoms with Crippen molar-refractivity contribution >= 4 is 15.9 Å². The van der Waals surface area contributed by atoms with E-state index in [1.807, 2.05) is 0 Å². The molecule has 0 unspecified atom stereocenters. The van der Waals surface area contributed by atoms with Crippen LogP contribution >= 0.6 is 0 Å². The predicted molar refractivity (Wildman–Crippen MR) is 87.9 cm³/mol. The number of aromatic nitrogens is 2. The molecule has 9 heteroatoms. The molecule has 0 saturated carbocycles. The van der Waals surface area contributed by atoms with Gasteiger partial charge in [-0.25, -0.2) is 13.6 Å². The van der Waals surface area contributed by atoms with Gasteiger partial charge in [0.05, 0.1) is 4.90 Å². The quantitative estimate of drug-likeness (QED) is 0.587. The number of H-pyrrole nitrogens is 1. The van der Waals surface area contributed by atoms with Crippen LogP contribution in [0.15, 0.2) is 29.2 Å². The number of hydrogen-bond donors (Lipinski definition) is 4. The van der Waals surface area contributed by atoms with E-state index >= 15 is 0 Å². The number of sulfonamides is 1. The number of carbonyl (C=O) groups is 1. The van der Waals surface area contributed by atoms with E-state index in [9.17, 15) is 13.2 Å². The summed E-state index contributed by atoms with van der Waals surface area (Å²) in [6, 6.07) is 6.29. The number of benzene rings is 1. The van der Waals surface area contributed by atoms with Gasteiger partial charge in [0.1, 0.15) is 0 Å². The van der Waals surface area contributed by atoms with E-state index in [-0.39, 0.29) is 10.8 Å². The van der Waals surface area contributed by atoms with E-state index in [1.54, 1.807) is 12.1 Å². The summed E-state index contributed by atoms with van der Waals surface area (Å²) < 4.78 is 22.4. The first-order valence-electron chi connectivity index (χ1n) is 7.62. The largest absolute Gasteiger partial charge is 0.350 e. The van der Waals surface area contributed by atoms with Gasteiger partial charge in [0, 0.05) is 37.3 Å². The van der Waals surface area contributed by atoms with Gasteiger partial charge in [0.25, 0.3) is 5.91 Å². The van der Waals surface area contributed by atoms with Crippen molar-refractivity contribution in [1.82, 2.24) is 20.8 Å². The van der Waals surface area contributed by atoms with Crippen LogP contribution in [0.1, 0.15) is 27.3 Å². The molecule has 0 atom stereocenters. The molecular weight excluding hydrogens is 330 g/mol. The van der Waals surface area contributed by atoms with Crippen molar-refractivity contribution in [2.45, 2.75) is 24.3 Å². The summed E-state index contributed by atoms with van der Waals surface area (Å²) in [6.07, 6.45) is 1.42. The Bertz CT molecular complexity index is 842. The number of nitrogens with two attached hydrogens (primary N) is 1. The summed E-state index contributed by atoms with van der Waals surface area (Å²) in [5.41, 5.74) is 3.28. The zero-order valence-corrected chi connectivity index (χ0v) is 13.8. The number of amides is 1. The molecule has 24 heavy (non-hydrogen) atoms. The Hall–Kier alpha value is -2.23. The van der Waals surface area contributed by atoms with Crippen LogP contribution in [0.25, 0.3) is 0 Å². The summed E-state index contributed by atoms with van der Waals surface area (Å²) in [6.45, 7) is 1.96. The molecule has 1 aliphatic rings. The van der Waals surface area contributed by atoms with Gasteiger partial charge >= 0.3 is 0 Å². The Balaban J connectivity index is 1.56. The second kappa shape index (κ2) is 6.71. The zero-order chi connectivity index (χ0) is 17.2. The van der Waals surface area contributed by atoms with Gasteiger partial charge in [-0.2, -0.15) is 5.10 Å². The van der Waals surface area contributed by atoms with E-state index in [0.29, 0.717) is 25.2 Å². The molecule has 0 aliphatic carbocycles. The van der Waals surface area contributed by atoms with Gasteiger partial charge in [-0.3, -0.25) is 9.89 Å².